The molecule has 0 spiro atoms. The smallest absolute Gasteiger partial charge is 0.238 e. The summed E-state index contributed by atoms with van der Waals surface area (Å²) in [6.07, 6.45) is 1.43. The number of para-hydroxylation sites is 1. The zero-order valence-electron chi connectivity index (χ0n) is 14.8. The van der Waals surface area contributed by atoms with Gasteiger partial charge in [0.15, 0.2) is 5.78 Å². The summed E-state index contributed by atoms with van der Waals surface area (Å²) in [6.45, 7) is 0.873. The van der Waals surface area contributed by atoms with Crippen molar-refractivity contribution < 1.29 is 9.59 Å². The molecule has 25 heavy (non-hydrogen) atoms. The minimum absolute atomic E-state index is 0.0128. The molecule has 1 aliphatic heterocycles. The molecule has 2 atom stereocenters. The first kappa shape index (κ1) is 17.4. The maximum absolute atomic E-state index is 13.1. The number of hydrogen-bond acceptors (Lipinski definition) is 3. The number of carbonyl (C=O) groups excluding carboxylic acids is 2. The Morgan fingerprint density at radius 3 is 2.12 bits per heavy atom. The molecule has 0 aliphatic carbocycles. The Labute approximate surface area is 149 Å². The lowest BCUT2D eigenvalue weighted by molar-refractivity contribution is -0.127. The van der Waals surface area contributed by atoms with Crippen LogP contribution in [-0.4, -0.2) is 37.2 Å². The lowest BCUT2D eigenvalue weighted by Crippen LogP contribution is -2.29. The lowest BCUT2D eigenvalue weighted by Gasteiger charge is -2.24. The Hall–Kier alpha value is -2.46. The quantitative estimate of drug-likeness (QED) is 0.760. The molecule has 1 heterocycles. The van der Waals surface area contributed by atoms with E-state index in [0.717, 1.165) is 24.2 Å². The van der Waals surface area contributed by atoms with Gasteiger partial charge in [0.05, 0.1) is 5.92 Å². The highest BCUT2D eigenvalue weighted by atomic mass is 16.2. The molecule has 0 aromatic heterocycles. The van der Waals surface area contributed by atoms with Gasteiger partial charge >= 0.3 is 0 Å². The molecule has 2 aromatic carbocycles. The summed E-state index contributed by atoms with van der Waals surface area (Å²) in [5.41, 5.74) is 1.66. The highest BCUT2D eigenvalue weighted by molar-refractivity contribution is 6.19. The van der Waals surface area contributed by atoms with Gasteiger partial charge in [-0.05, 0) is 51.2 Å². The largest absolute Gasteiger partial charge is 0.309 e. The lowest BCUT2D eigenvalue weighted by atomic mass is 9.94. The Morgan fingerprint density at radius 2 is 1.52 bits per heavy atom. The fourth-order valence-electron chi connectivity index (χ4n) is 3.43. The Kier molecular flexibility index (Phi) is 5.29. The molecular weight excluding hydrogens is 312 g/mol. The second kappa shape index (κ2) is 7.62. The monoisotopic (exact) mass is 336 g/mol. The van der Waals surface area contributed by atoms with Crippen molar-refractivity contribution in [1.82, 2.24) is 4.90 Å². The fourth-order valence-corrected chi connectivity index (χ4v) is 3.43. The summed E-state index contributed by atoms with van der Waals surface area (Å²) in [6, 6.07) is 18.6. The average molecular weight is 336 g/mol. The van der Waals surface area contributed by atoms with Gasteiger partial charge in [-0.25, -0.2) is 0 Å². The molecule has 4 nitrogen and oxygen atoms in total. The van der Waals surface area contributed by atoms with Gasteiger partial charge in [-0.15, -0.1) is 0 Å². The van der Waals surface area contributed by atoms with E-state index in [4.69, 9.17) is 0 Å². The van der Waals surface area contributed by atoms with Crippen LogP contribution in [0.15, 0.2) is 60.7 Å². The number of nitrogens with zero attached hydrogens (tertiary/aromatic N) is 2. The maximum Gasteiger partial charge on any atom is 0.238 e. The van der Waals surface area contributed by atoms with Gasteiger partial charge in [0.25, 0.3) is 0 Å². The molecule has 0 saturated carbocycles. The van der Waals surface area contributed by atoms with E-state index in [2.05, 4.69) is 4.90 Å². The van der Waals surface area contributed by atoms with E-state index in [1.165, 1.54) is 0 Å². The predicted octanol–water partition coefficient (Wildman–Crippen LogP) is 3.30. The molecule has 0 bridgehead atoms. The summed E-state index contributed by atoms with van der Waals surface area (Å²) in [5.74, 6) is -0.618. The van der Waals surface area contributed by atoms with Crippen molar-refractivity contribution in [3.63, 3.8) is 0 Å². The molecule has 4 heteroatoms. The average Bonchev–Trinajstić information content (AvgIpc) is 2.87. The third-order valence-electron chi connectivity index (χ3n) is 4.65. The van der Waals surface area contributed by atoms with Crippen LogP contribution in [0.4, 0.5) is 5.69 Å². The molecule has 1 fully saturated rings. The van der Waals surface area contributed by atoms with Crippen LogP contribution in [0.5, 0.6) is 0 Å². The van der Waals surface area contributed by atoms with Crippen molar-refractivity contribution in [1.29, 1.82) is 0 Å². The zero-order valence-corrected chi connectivity index (χ0v) is 14.8. The van der Waals surface area contributed by atoms with Crippen molar-refractivity contribution >= 4 is 17.4 Å². The van der Waals surface area contributed by atoms with Crippen molar-refractivity contribution in [3.05, 3.63) is 66.2 Å². The van der Waals surface area contributed by atoms with Crippen molar-refractivity contribution in [2.75, 3.05) is 25.5 Å². The van der Waals surface area contributed by atoms with Crippen molar-refractivity contribution in [3.8, 4) is 0 Å². The van der Waals surface area contributed by atoms with E-state index in [1.807, 2.05) is 74.8 Å². The van der Waals surface area contributed by atoms with Gasteiger partial charge in [0, 0.05) is 5.69 Å². The van der Waals surface area contributed by atoms with Crippen molar-refractivity contribution in [2.45, 2.75) is 18.9 Å². The molecule has 0 unspecified atom stereocenters. The van der Waals surface area contributed by atoms with E-state index in [-0.39, 0.29) is 11.7 Å². The van der Waals surface area contributed by atoms with Crippen LogP contribution in [0.1, 0.15) is 24.4 Å². The molecule has 0 N–H and O–H groups in total. The number of benzene rings is 2. The summed E-state index contributed by atoms with van der Waals surface area (Å²) in [7, 11) is 4.00. The van der Waals surface area contributed by atoms with Gasteiger partial charge in [-0.3, -0.25) is 14.5 Å². The highest BCUT2D eigenvalue weighted by Gasteiger charge is 2.47. The third kappa shape index (κ3) is 3.64. The van der Waals surface area contributed by atoms with Crippen LogP contribution in [0.3, 0.4) is 0 Å². The van der Waals surface area contributed by atoms with E-state index in [1.54, 1.807) is 4.90 Å². The van der Waals surface area contributed by atoms with Crippen LogP contribution >= 0.6 is 0 Å². The topological polar surface area (TPSA) is 40.6 Å². The van der Waals surface area contributed by atoms with Crippen LogP contribution in [-0.2, 0) is 9.59 Å². The van der Waals surface area contributed by atoms with Crippen molar-refractivity contribution in [2.24, 2.45) is 5.92 Å². The summed E-state index contributed by atoms with van der Waals surface area (Å²) in [5, 5.41) is 0. The van der Waals surface area contributed by atoms with E-state index < -0.39 is 12.0 Å². The fraction of sp³-hybridized carbons (Fsp3) is 0.333. The van der Waals surface area contributed by atoms with E-state index >= 15 is 0 Å². The number of hydrogen-bond donors (Lipinski definition) is 0. The number of ketones is 1. The Balaban J connectivity index is 1.93. The van der Waals surface area contributed by atoms with Gasteiger partial charge in [0.2, 0.25) is 5.91 Å². The van der Waals surface area contributed by atoms with Gasteiger partial charge in [0.1, 0.15) is 6.04 Å². The summed E-state index contributed by atoms with van der Waals surface area (Å²) in [4.78, 5) is 29.9. The molecule has 1 amide bonds. The Bertz CT molecular complexity index is 671. The zero-order chi connectivity index (χ0) is 17.8. The number of carbonyl (C=O) groups is 2. The standard InChI is InChI=1S/C21H24N2O2/c1-22(2)15-9-14-18-20(24)19(16-10-5-3-6-11-16)23(21(18)25)17-12-7-4-8-13-17/h3-8,10-13,18-19H,9,14-15H2,1-2H3/t18-,19-/m1/s1. The SMILES string of the molecule is CN(C)CCC[C@@H]1C(=O)[C@@H](c2ccccc2)N(c2ccccc2)C1=O. The maximum atomic E-state index is 13.1. The number of amides is 1. The van der Waals surface area contributed by atoms with Gasteiger partial charge < -0.3 is 4.90 Å². The molecule has 3 rings (SSSR count). The first-order valence-electron chi connectivity index (χ1n) is 8.71. The van der Waals surface area contributed by atoms with Crippen LogP contribution in [0, 0.1) is 5.92 Å². The normalized spacial score (nSPS) is 20.5. The minimum atomic E-state index is -0.551. The second-order valence-electron chi connectivity index (χ2n) is 6.76. The molecule has 130 valence electrons. The number of anilines is 1. The highest BCUT2D eigenvalue weighted by Crippen LogP contribution is 2.38. The summed E-state index contributed by atoms with van der Waals surface area (Å²) >= 11 is 0. The van der Waals surface area contributed by atoms with E-state index in [0.29, 0.717) is 6.42 Å². The van der Waals surface area contributed by atoms with Crippen LogP contribution in [0.25, 0.3) is 0 Å². The van der Waals surface area contributed by atoms with Crippen LogP contribution < -0.4 is 4.90 Å². The molecule has 2 aromatic rings. The number of Topliss-reactive ketones (excluding diaryl/α,β-unsaturated/α-hetero) is 1. The molecule has 1 aliphatic rings. The van der Waals surface area contributed by atoms with E-state index in [9.17, 15) is 9.59 Å². The minimum Gasteiger partial charge on any atom is -0.309 e. The Morgan fingerprint density at radius 1 is 0.920 bits per heavy atom. The molecule has 1 saturated heterocycles. The van der Waals surface area contributed by atoms with Crippen LogP contribution in [0.2, 0.25) is 0 Å². The summed E-state index contributed by atoms with van der Waals surface area (Å²) < 4.78 is 0. The van der Waals surface area contributed by atoms with Gasteiger partial charge in [-0.2, -0.15) is 0 Å². The first-order valence-corrected chi connectivity index (χ1v) is 8.71. The molecule has 0 radical (unpaired) electrons. The third-order valence-corrected chi connectivity index (χ3v) is 4.65. The number of rotatable bonds is 6. The second-order valence-corrected chi connectivity index (χ2v) is 6.76. The first-order chi connectivity index (χ1) is 12.1. The predicted molar refractivity (Wildman–Crippen MR) is 99.4 cm³/mol. The van der Waals surface area contributed by atoms with Gasteiger partial charge in [-0.1, -0.05) is 48.5 Å². The molecular formula is C21H24N2O2.